The summed E-state index contributed by atoms with van der Waals surface area (Å²) < 4.78 is 13.5. The topological polar surface area (TPSA) is 32.3 Å². The van der Waals surface area contributed by atoms with E-state index in [1.165, 1.54) is 6.07 Å². The van der Waals surface area contributed by atoms with Crippen LogP contribution in [0.3, 0.4) is 0 Å². The van der Waals surface area contributed by atoms with E-state index in [2.05, 4.69) is 5.32 Å². The third-order valence-electron chi connectivity index (χ3n) is 3.74. The fraction of sp³-hybridized carbons (Fsp3) is 0.316. The van der Waals surface area contributed by atoms with E-state index in [9.17, 15) is 9.18 Å². The molecule has 0 saturated heterocycles. The summed E-state index contributed by atoms with van der Waals surface area (Å²) in [4.78, 5) is 14.1. The number of carbonyl (C=O) groups is 1. The van der Waals surface area contributed by atoms with Crippen LogP contribution in [0.2, 0.25) is 0 Å². The number of carbonyl (C=O) groups excluding carboxylic acids is 1. The molecule has 0 radical (unpaired) electrons. The van der Waals surface area contributed by atoms with Gasteiger partial charge in [-0.05, 0) is 18.6 Å². The van der Waals surface area contributed by atoms with Gasteiger partial charge in [-0.2, -0.15) is 0 Å². The molecule has 2 aromatic carbocycles. The zero-order valence-corrected chi connectivity index (χ0v) is 13.5. The van der Waals surface area contributed by atoms with Crippen molar-refractivity contribution in [1.82, 2.24) is 10.2 Å². The highest BCUT2D eigenvalue weighted by molar-refractivity contribution is 5.76. The molecule has 0 aliphatic carbocycles. The number of amides is 1. The molecule has 2 rings (SSSR count). The van der Waals surface area contributed by atoms with Crippen molar-refractivity contribution in [2.75, 3.05) is 13.1 Å². The molecule has 0 saturated carbocycles. The molecule has 4 heteroatoms. The molecule has 0 unspecified atom stereocenters. The molecule has 0 fully saturated rings. The highest BCUT2D eigenvalue weighted by Gasteiger charge is 2.11. The molecule has 1 N–H and O–H groups in total. The van der Waals surface area contributed by atoms with Gasteiger partial charge in [-0.25, -0.2) is 4.39 Å². The monoisotopic (exact) mass is 314 g/mol. The van der Waals surface area contributed by atoms with Crippen molar-refractivity contribution in [3.63, 3.8) is 0 Å². The van der Waals surface area contributed by atoms with Crippen molar-refractivity contribution in [3.05, 3.63) is 71.5 Å². The Balaban J connectivity index is 1.75. The average Bonchev–Trinajstić information content (AvgIpc) is 2.58. The van der Waals surface area contributed by atoms with Crippen molar-refractivity contribution in [1.29, 1.82) is 0 Å². The number of rotatable bonds is 8. The van der Waals surface area contributed by atoms with E-state index in [4.69, 9.17) is 0 Å². The number of nitrogens with zero attached hydrogens (tertiary/aromatic N) is 1. The van der Waals surface area contributed by atoms with Crippen LogP contribution in [0.15, 0.2) is 54.6 Å². The minimum Gasteiger partial charge on any atom is -0.339 e. The smallest absolute Gasteiger partial charge is 0.224 e. The van der Waals surface area contributed by atoms with Gasteiger partial charge in [0.25, 0.3) is 0 Å². The first-order valence-electron chi connectivity index (χ1n) is 7.96. The standard InChI is InChI=1S/C19H23FN2O/c1-2-22(15-16-8-4-3-5-9-16)19(23)12-13-21-14-17-10-6-7-11-18(17)20/h3-11,21H,2,12-15H2,1H3. The normalized spacial score (nSPS) is 10.5. The Morgan fingerprint density at radius 1 is 1.09 bits per heavy atom. The van der Waals surface area contributed by atoms with E-state index in [1.54, 1.807) is 12.1 Å². The van der Waals surface area contributed by atoms with Gasteiger partial charge in [-0.1, -0.05) is 48.5 Å². The summed E-state index contributed by atoms with van der Waals surface area (Å²) in [5, 5.41) is 3.13. The minimum atomic E-state index is -0.217. The van der Waals surface area contributed by atoms with E-state index in [1.807, 2.05) is 48.2 Å². The Morgan fingerprint density at radius 2 is 1.78 bits per heavy atom. The van der Waals surface area contributed by atoms with Crippen molar-refractivity contribution in [2.45, 2.75) is 26.4 Å². The second-order valence-corrected chi connectivity index (χ2v) is 5.41. The van der Waals surface area contributed by atoms with Crippen LogP contribution in [-0.4, -0.2) is 23.9 Å². The Morgan fingerprint density at radius 3 is 2.48 bits per heavy atom. The van der Waals surface area contributed by atoms with Crippen LogP contribution in [0.1, 0.15) is 24.5 Å². The number of hydrogen-bond acceptors (Lipinski definition) is 2. The van der Waals surface area contributed by atoms with Gasteiger partial charge in [0.15, 0.2) is 0 Å². The van der Waals surface area contributed by atoms with E-state index in [0.717, 1.165) is 5.56 Å². The Kier molecular flexibility index (Phi) is 6.76. The van der Waals surface area contributed by atoms with E-state index in [0.29, 0.717) is 38.2 Å². The molecule has 23 heavy (non-hydrogen) atoms. The van der Waals surface area contributed by atoms with Crippen LogP contribution < -0.4 is 5.32 Å². The number of benzene rings is 2. The molecule has 0 spiro atoms. The van der Waals surface area contributed by atoms with Crippen LogP contribution >= 0.6 is 0 Å². The maximum absolute atomic E-state index is 13.5. The maximum Gasteiger partial charge on any atom is 0.224 e. The zero-order valence-electron chi connectivity index (χ0n) is 13.5. The molecular weight excluding hydrogens is 291 g/mol. The third-order valence-corrected chi connectivity index (χ3v) is 3.74. The fourth-order valence-corrected chi connectivity index (χ4v) is 2.40. The minimum absolute atomic E-state index is 0.109. The van der Waals surface area contributed by atoms with E-state index < -0.39 is 0 Å². The first-order chi connectivity index (χ1) is 11.2. The summed E-state index contributed by atoms with van der Waals surface area (Å²) >= 11 is 0. The fourth-order valence-electron chi connectivity index (χ4n) is 2.40. The predicted molar refractivity (Wildman–Crippen MR) is 90.3 cm³/mol. The lowest BCUT2D eigenvalue weighted by Crippen LogP contribution is -2.32. The predicted octanol–water partition coefficient (Wildman–Crippen LogP) is 3.35. The molecule has 2 aromatic rings. The molecule has 1 amide bonds. The number of halogens is 1. The summed E-state index contributed by atoms with van der Waals surface area (Å²) in [7, 11) is 0. The van der Waals surface area contributed by atoms with Crippen LogP contribution in [0, 0.1) is 5.82 Å². The molecule has 0 aromatic heterocycles. The summed E-state index contributed by atoms with van der Waals surface area (Å²) in [6, 6.07) is 16.6. The van der Waals surface area contributed by atoms with Gasteiger partial charge in [-0.3, -0.25) is 4.79 Å². The Hall–Kier alpha value is -2.20. The first kappa shape index (κ1) is 17.2. The lowest BCUT2D eigenvalue weighted by atomic mass is 10.2. The van der Waals surface area contributed by atoms with Crippen LogP contribution in [0.25, 0.3) is 0 Å². The summed E-state index contributed by atoms with van der Waals surface area (Å²) in [6.07, 6.45) is 0.412. The molecule has 122 valence electrons. The van der Waals surface area contributed by atoms with E-state index >= 15 is 0 Å². The molecule has 0 aliphatic rings. The number of nitrogens with one attached hydrogen (secondary N) is 1. The average molecular weight is 314 g/mol. The zero-order chi connectivity index (χ0) is 16.5. The summed E-state index contributed by atoms with van der Waals surface area (Å²) in [6.45, 7) is 4.27. The molecular formula is C19H23FN2O. The lowest BCUT2D eigenvalue weighted by Gasteiger charge is -2.21. The van der Waals surface area contributed by atoms with Crippen molar-refractivity contribution in [2.24, 2.45) is 0 Å². The van der Waals surface area contributed by atoms with Crippen LogP contribution in [0.4, 0.5) is 4.39 Å². The van der Waals surface area contributed by atoms with Crippen molar-refractivity contribution >= 4 is 5.91 Å². The Labute approximate surface area is 137 Å². The largest absolute Gasteiger partial charge is 0.339 e. The van der Waals surface area contributed by atoms with Gasteiger partial charge in [0.1, 0.15) is 5.82 Å². The molecule has 0 heterocycles. The maximum atomic E-state index is 13.5. The summed E-state index contributed by atoms with van der Waals surface area (Å²) in [5.41, 5.74) is 1.75. The lowest BCUT2D eigenvalue weighted by molar-refractivity contribution is -0.131. The van der Waals surface area contributed by atoms with Crippen LogP contribution in [-0.2, 0) is 17.9 Å². The quantitative estimate of drug-likeness (QED) is 0.758. The highest BCUT2D eigenvalue weighted by Crippen LogP contribution is 2.07. The van der Waals surface area contributed by atoms with Gasteiger partial charge < -0.3 is 10.2 Å². The second-order valence-electron chi connectivity index (χ2n) is 5.41. The highest BCUT2D eigenvalue weighted by atomic mass is 19.1. The van der Waals surface area contributed by atoms with Gasteiger partial charge >= 0.3 is 0 Å². The molecule has 0 aliphatic heterocycles. The SMILES string of the molecule is CCN(Cc1ccccc1)C(=O)CCNCc1ccccc1F. The molecule has 0 bridgehead atoms. The Bertz CT molecular complexity index is 616. The first-order valence-corrected chi connectivity index (χ1v) is 7.96. The van der Waals surface area contributed by atoms with Gasteiger partial charge in [-0.15, -0.1) is 0 Å². The van der Waals surface area contributed by atoms with Crippen molar-refractivity contribution < 1.29 is 9.18 Å². The molecule has 0 atom stereocenters. The van der Waals surface area contributed by atoms with Crippen LogP contribution in [0.5, 0.6) is 0 Å². The summed E-state index contributed by atoms with van der Waals surface area (Å²) in [5.74, 6) is -0.108. The second kappa shape index (κ2) is 9.06. The number of hydrogen-bond donors (Lipinski definition) is 1. The van der Waals surface area contributed by atoms with Gasteiger partial charge in [0.2, 0.25) is 5.91 Å². The molecule has 3 nitrogen and oxygen atoms in total. The van der Waals surface area contributed by atoms with E-state index in [-0.39, 0.29) is 11.7 Å². The van der Waals surface area contributed by atoms with Gasteiger partial charge in [0.05, 0.1) is 0 Å². The van der Waals surface area contributed by atoms with Gasteiger partial charge in [0, 0.05) is 38.2 Å². The van der Waals surface area contributed by atoms with Crippen molar-refractivity contribution in [3.8, 4) is 0 Å². The third kappa shape index (κ3) is 5.49.